The van der Waals surface area contributed by atoms with Crippen LogP contribution < -0.4 is 5.32 Å². The number of rotatable bonds is 5. The first-order chi connectivity index (χ1) is 12.2. The van der Waals surface area contributed by atoms with Crippen molar-refractivity contribution < 1.29 is 4.79 Å². The second-order valence-electron chi connectivity index (χ2n) is 6.23. The number of amides is 1. The maximum atomic E-state index is 12.5. The third kappa shape index (κ3) is 4.16. The van der Waals surface area contributed by atoms with Gasteiger partial charge in [-0.2, -0.15) is 0 Å². The van der Waals surface area contributed by atoms with Crippen molar-refractivity contribution in [3.05, 3.63) is 95.6 Å². The number of nitrogens with one attached hydrogen (secondary N) is 1. The normalized spacial score (nSPS) is 11.8. The van der Waals surface area contributed by atoms with Crippen molar-refractivity contribution >= 4 is 5.91 Å². The number of carbonyl (C=O) groups is 1. The van der Waals surface area contributed by atoms with Crippen LogP contribution in [-0.4, -0.2) is 5.91 Å². The molecular formula is C23H23NO. The Balaban J connectivity index is 1.68. The van der Waals surface area contributed by atoms with Gasteiger partial charge in [-0.25, -0.2) is 0 Å². The Morgan fingerprint density at radius 2 is 1.44 bits per heavy atom. The molecule has 0 aliphatic heterocycles. The van der Waals surface area contributed by atoms with E-state index in [-0.39, 0.29) is 11.9 Å². The lowest BCUT2D eigenvalue weighted by Crippen LogP contribution is -2.26. The molecule has 25 heavy (non-hydrogen) atoms. The van der Waals surface area contributed by atoms with Gasteiger partial charge in [-0.3, -0.25) is 4.79 Å². The summed E-state index contributed by atoms with van der Waals surface area (Å²) in [5.41, 5.74) is 5.36. The summed E-state index contributed by atoms with van der Waals surface area (Å²) in [6.07, 6.45) is 1.02. The Morgan fingerprint density at radius 3 is 2.04 bits per heavy atom. The van der Waals surface area contributed by atoms with Gasteiger partial charge < -0.3 is 5.32 Å². The molecule has 2 heteroatoms. The van der Waals surface area contributed by atoms with Gasteiger partial charge in [0.2, 0.25) is 0 Å². The van der Waals surface area contributed by atoms with Gasteiger partial charge in [0.05, 0.1) is 6.04 Å². The van der Waals surface area contributed by atoms with Gasteiger partial charge in [0.25, 0.3) is 5.91 Å². The molecule has 0 aliphatic rings. The van der Waals surface area contributed by atoms with Crippen LogP contribution >= 0.6 is 0 Å². The van der Waals surface area contributed by atoms with Crippen molar-refractivity contribution in [2.24, 2.45) is 0 Å². The predicted molar refractivity (Wildman–Crippen MR) is 104 cm³/mol. The monoisotopic (exact) mass is 329 g/mol. The average molecular weight is 329 g/mol. The second kappa shape index (κ2) is 7.80. The molecule has 1 amide bonds. The molecule has 1 N–H and O–H groups in total. The van der Waals surface area contributed by atoms with E-state index in [4.69, 9.17) is 0 Å². The molecular weight excluding hydrogens is 306 g/mol. The van der Waals surface area contributed by atoms with E-state index in [1.54, 1.807) is 0 Å². The fraction of sp³-hybridized carbons (Fsp3) is 0.174. The first-order valence-corrected chi connectivity index (χ1v) is 8.72. The van der Waals surface area contributed by atoms with Gasteiger partial charge in [0.1, 0.15) is 0 Å². The molecule has 0 unspecified atom stereocenters. The first kappa shape index (κ1) is 17.0. The summed E-state index contributed by atoms with van der Waals surface area (Å²) in [4.78, 5) is 12.5. The fourth-order valence-electron chi connectivity index (χ4n) is 2.85. The van der Waals surface area contributed by atoms with Crippen molar-refractivity contribution in [2.75, 3.05) is 0 Å². The number of benzene rings is 3. The molecule has 0 aliphatic carbocycles. The van der Waals surface area contributed by atoms with Crippen molar-refractivity contribution in [2.45, 2.75) is 26.3 Å². The van der Waals surface area contributed by atoms with E-state index in [9.17, 15) is 4.79 Å². The fourth-order valence-corrected chi connectivity index (χ4v) is 2.85. The number of hydrogen-bond donors (Lipinski definition) is 1. The molecule has 3 aromatic rings. The van der Waals surface area contributed by atoms with E-state index in [1.165, 1.54) is 5.56 Å². The number of hydrogen-bond acceptors (Lipinski definition) is 1. The molecule has 0 heterocycles. The molecule has 2 nitrogen and oxygen atoms in total. The summed E-state index contributed by atoms with van der Waals surface area (Å²) in [6.45, 7) is 4.15. The molecule has 0 fully saturated rings. The molecule has 1 atom stereocenters. The smallest absolute Gasteiger partial charge is 0.251 e. The van der Waals surface area contributed by atoms with E-state index in [0.29, 0.717) is 5.56 Å². The van der Waals surface area contributed by atoms with Crippen molar-refractivity contribution in [1.82, 2.24) is 5.32 Å². The van der Waals surface area contributed by atoms with Gasteiger partial charge in [0.15, 0.2) is 0 Å². The second-order valence-corrected chi connectivity index (χ2v) is 6.23. The lowest BCUT2D eigenvalue weighted by atomic mass is 10.0. The zero-order chi connectivity index (χ0) is 17.6. The minimum atomic E-state index is -0.0494. The van der Waals surface area contributed by atoms with Crippen LogP contribution in [0.3, 0.4) is 0 Å². The van der Waals surface area contributed by atoms with Crippen molar-refractivity contribution in [1.29, 1.82) is 0 Å². The first-order valence-electron chi connectivity index (χ1n) is 8.72. The highest BCUT2D eigenvalue weighted by Crippen LogP contribution is 2.20. The molecule has 0 saturated heterocycles. The molecule has 0 bridgehead atoms. The third-order valence-electron chi connectivity index (χ3n) is 4.49. The average Bonchev–Trinajstić information content (AvgIpc) is 2.68. The van der Waals surface area contributed by atoms with E-state index >= 15 is 0 Å². The van der Waals surface area contributed by atoms with Gasteiger partial charge in [-0.05, 0) is 47.7 Å². The van der Waals surface area contributed by atoms with Crippen LogP contribution in [0, 0.1) is 0 Å². The Labute approximate surface area is 149 Å². The maximum Gasteiger partial charge on any atom is 0.251 e. The standard InChI is InChI=1S/C23H23NO/c1-3-18-9-11-19(12-10-18)17(2)24-23(25)22-15-13-21(14-16-22)20-7-5-4-6-8-20/h4-17H,3H2,1-2H3,(H,24,25)/t17-/m1/s1. The van der Waals surface area contributed by atoms with E-state index in [2.05, 4.69) is 48.6 Å². The van der Waals surface area contributed by atoms with E-state index in [0.717, 1.165) is 23.1 Å². The van der Waals surface area contributed by atoms with Gasteiger partial charge in [-0.1, -0.05) is 73.7 Å². The molecule has 0 spiro atoms. The molecule has 126 valence electrons. The Morgan fingerprint density at radius 1 is 0.840 bits per heavy atom. The quantitative estimate of drug-likeness (QED) is 0.666. The summed E-state index contributed by atoms with van der Waals surface area (Å²) < 4.78 is 0. The third-order valence-corrected chi connectivity index (χ3v) is 4.49. The summed E-state index contributed by atoms with van der Waals surface area (Å²) >= 11 is 0. The van der Waals surface area contributed by atoms with Crippen LogP contribution in [0.1, 0.15) is 41.4 Å². The highest BCUT2D eigenvalue weighted by Gasteiger charge is 2.11. The molecule has 0 aromatic heterocycles. The number of aryl methyl sites for hydroxylation is 1. The summed E-state index contributed by atoms with van der Waals surface area (Å²) in [7, 11) is 0. The van der Waals surface area contributed by atoms with Crippen LogP contribution in [0.4, 0.5) is 0 Å². The van der Waals surface area contributed by atoms with Crippen LogP contribution in [0.5, 0.6) is 0 Å². The molecule has 0 saturated carbocycles. The van der Waals surface area contributed by atoms with Crippen LogP contribution in [0.25, 0.3) is 11.1 Å². The zero-order valence-corrected chi connectivity index (χ0v) is 14.7. The van der Waals surface area contributed by atoms with Gasteiger partial charge >= 0.3 is 0 Å². The highest BCUT2D eigenvalue weighted by molar-refractivity contribution is 5.94. The zero-order valence-electron chi connectivity index (χ0n) is 14.7. The molecule has 0 radical (unpaired) electrons. The topological polar surface area (TPSA) is 29.1 Å². The highest BCUT2D eigenvalue weighted by atomic mass is 16.1. The predicted octanol–water partition coefficient (Wildman–Crippen LogP) is 5.41. The lowest BCUT2D eigenvalue weighted by molar-refractivity contribution is 0.0940. The summed E-state index contributed by atoms with van der Waals surface area (Å²) in [5.74, 6) is -0.0494. The number of carbonyl (C=O) groups excluding carboxylic acids is 1. The summed E-state index contributed by atoms with van der Waals surface area (Å²) in [6, 6.07) is 26.3. The maximum absolute atomic E-state index is 12.5. The van der Waals surface area contributed by atoms with Gasteiger partial charge in [-0.15, -0.1) is 0 Å². The summed E-state index contributed by atoms with van der Waals surface area (Å²) in [5, 5.41) is 3.07. The van der Waals surface area contributed by atoms with Gasteiger partial charge in [0, 0.05) is 5.56 Å². The van der Waals surface area contributed by atoms with Crippen LogP contribution in [-0.2, 0) is 6.42 Å². The van der Waals surface area contributed by atoms with E-state index in [1.807, 2.05) is 49.4 Å². The molecule has 3 aromatic carbocycles. The largest absolute Gasteiger partial charge is 0.346 e. The SMILES string of the molecule is CCc1ccc([C@@H](C)NC(=O)c2ccc(-c3ccccc3)cc2)cc1. The van der Waals surface area contributed by atoms with Crippen molar-refractivity contribution in [3.63, 3.8) is 0 Å². The Hall–Kier alpha value is -2.87. The lowest BCUT2D eigenvalue weighted by Gasteiger charge is -2.15. The van der Waals surface area contributed by atoms with Crippen molar-refractivity contribution in [3.8, 4) is 11.1 Å². The van der Waals surface area contributed by atoms with Crippen LogP contribution in [0.15, 0.2) is 78.9 Å². The van der Waals surface area contributed by atoms with Crippen LogP contribution in [0.2, 0.25) is 0 Å². The molecule has 3 rings (SSSR count). The minimum Gasteiger partial charge on any atom is -0.346 e. The Bertz CT molecular complexity index is 820. The Kier molecular flexibility index (Phi) is 5.30. The minimum absolute atomic E-state index is 0.0211. The van der Waals surface area contributed by atoms with E-state index < -0.39 is 0 Å².